The van der Waals surface area contributed by atoms with Gasteiger partial charge < -0.3 is 15.5 Å². The molecule has 0 aliphatic rings. The number of hydrogen-bond donors (Lipinski definition) is 2. The second-order valence-corrected chi connectivity index (χ2v) is 7.47. The van der Waals surface area contributed by atoms with Gasteiger partial charge in [0.05, 0.1) is 10.7 Å². The van der Waals surface area contributed by atoms with Gasteiger partial charge in [-0.2, -0.15) is 0 Å². The van der Waals surface area contributed by atoms with Gasteiger partial charge in [0.2, 0.25) is 5.91 Å². The van der Waals surface area contributed by atoms with Crippen molar-refractivity contribution in [1.29, 1.82) is 0 Å². The molecule has 6 heteroatoms. The Morgan fingerprint density at radius 3 is 2.30 bits per heavy atom. The average molecular weight is 388 g/mol. The first-order chi connectivity index (χ1) is 12.8. The van der Waals surface area contributed by atoms with E-state index in [1.54, 1.807) is 12.1 Å². The molecule has 1 atom stereocenters. The quantitative estimate of drug-likeness (QED) is 0.746. The van der Waals surface area contributed by atoms with Crippen LogP contribution >= 0.6 is 11.6 Å². The Bertz CT molecular complexity index is 791. The lowest BCUT2D eigenvalue weighted by Gasteiger charge is -2.20. The summed E-state index contributed by atoms with van der Waals surface area (Å²) in [6.45, 7) is 3.93. The summed E-state index contributed by atoms with van der Waals surface area (Å²) in [5.74, 6) is -0.260. The molecular formula is C21H26ClN3O2. The highest BCUT2D eigenvalue weighted by molar-refractivity contribution is 6.33. The SMILES string of the molecule is CC(C)CC(=O)NC(C(=O)Nc1ccc(N(C)C)c(Cl)c1)c1ccccc1. The summed E-state index contributed by atoms with van der Waals surface area (Å²) in [7, 11) is 3.80. The van der Waals surface area contributed by atoms with Crippen molar-refractivity contribution < 1.29 is 9.59 Å². The molecule has 2 N–H and O–H groups in total. The van der Waals surface area contributed by atoms with Crippen molar-refractivity contribution in [3.05, 3.63) is 59.1 Å². The second-order valence-electron chi connectivity index (χ2n) is 7.06. The molecule has 0 saturated carbocycles. The Hall–Kier alpha value is -2.53. The Labute approximate surface area is 165 Å². The highest BCUT2D eigenvalue weighted by atomic mass is 35.5. The number of nitrogens with zero attached hydrogens (tertiary/aromatic N) is 1. The van der Waals surface area contributed by atoms with Gasteiger partial charge in [0.25, 0.3) is 5.91 Å². The lowest BCUT2D eigenvalue weighted by atomic mass is 10.0. The van der Waals surface area contributed by atoms with Crippen molar-refractivity contribution in [2.75, 3.05) is 24.3 Å². The van der Waals surface area contributed by atoms with Crippen molar-refractivity contribution in [3.8, 4) is 0 Å². The molecule has 0 aliphatic carbocycles. The summed E-state index contributed by atoms with van der Waals surface area (Å²) < 4.78 is 0. The summed E-state index contributed by atoms with van der Waals surface area (Å²) in [6, 6.07) is 13.7. The third-order valence-corrected chi connectivity index (χ3v) is 4.29. The van der Waals surface area contributed by atoms with E-state index in [1.165, 1.54) is 0 Å². The van der Waals surface area contributed by atoms with Crippen LogP contribution in [0.1, 0.15) is 31.9 Å². The Kier molecular flexibility index (Phi) is 7.25. The van der Waals surface area contributed by atoms with E-state index in [2.05, 4.69) is 10.6 Å². The van der Waals surface area contributed by atoms with E-state index < -0.39 is 6.04 Å². The van der Waals surface area contributed by atoms with Crippen LogP contribution in [-0.2, 0) is 9.59 Å². The molecule has 144 valence electrons. The average Bonchev–Trinajstić information content (AvgIpc) is 2.59. The number of nitrogens with one attached hydrogen (secondary N) is 2. The summed E-state index contributed by atoms with van der Waals surface area (Å²) in [4.78, 5) is 27.0. The highest BCUT2D eigenvalue weighted by Gasteiger charge is 2.23. The first-order valence-corrected chi connectivity index (χ1v) is 9.27. The van der Waals surface area contributed by atoms with Crippen LogP contribution in [-0.4, -0.2) is 25.9 Å². The molecular weight excluding hydrogens is 362 g/mol. The van der Waals surface area contributed by atoms with Crippen LogP contribution in [0.3, 0.4) is 0 Å². The number of hydrogen-bond acceptors (Lipinski definition) is 3. The zero-order valence-electron chi connectivity index (χ0n) is 16.1. The van der Waals surface area contributed by atoms with E-state index in [-0.39, 0.29) is 17.7 Å². The lowest BCUT2D eigenvalue weighted by Crippen LogP contribution is -2.37. The van der Waals surface area contributed by atoms with Crippen LogP contribution in [0.2, 0.25) is 5.02 Å². The fourth-order valence-electron chi connectivity index (χ4n) is 2.70. The number of halogens is 1. The van der Waals surface area contributed by atoms with Crippen LogP contribution in [0.5, 0.6) is 0 Å². The molecule has 27 heavy (non-hydrogen) atoms. The predicted molar refractivity (Wildman–Crippen MR) is 111 cm³/mol. The Balaban J connectivity index is 2.21. The van der Waals surface area contributed by atoms with Crippen molar-refractivity contribution in [2.24, 2.45) is 5.92 Å². The van der Waals surface area contributed by atoms with Crippen LogP contribution in [0.25, 0.3) is 0 Å². The van der Waals surface area contributed by atoms with Crippen molar-refractivity contribution >= 4 is 34.8 Å². The zero-order valence-corrected chi connectivity index (χ0v) is 16.9. The number of anilines is 2. The lowest BCUT2D eigenvalue weighted by molar-refractivity contribution is -0.127. The van der Waals surface area contributed by atoms with Gasteiger partial charge in [-0.3, -0.25) is 9.59 Å². The minimum atomic E-state index is -0.773. The van der Waals surface area contributed by atoms with Crippen LogP contribution in [0, 0.1) is 5.92 Å². The van der Waals surface area contributed by atoms with E-state index in [1.807, 2.05) is 69.2 Å². The predicted octanol–water partition coefficient (Wildman–Crippen LogP) is 4.25. The van der Waals surface area contributed by atoms with Crippen LogP contribution in [0.15, 0.2) is 48.5 Å². The van der Waals surface area contributed by atoms with Gasteiger partial charge in [0, 0.05) is 26.2 Å². The molecule has 0 aliphatic heterocycles. The summed E-state index contributed by atoms with van der Waals surface area (Å²) in [5.41, 5.74) is 2.16. The molecule has 2 aromatic rings. The number of benzene rings is 2. The molecule has 0 saturated heterocycles. The Morgan fingerprint density at radius 1 is 1.07 bits per heavy atom. The molecule has 0 fully saturated rings. The molecule has 2 amide bonds. The smallest absolute Gasteiger partial charge is 0.251 e. The first kappa shape index (κ1) is 20.8. The molecule has 2 rings (SSSR count). The molecule has 5 nitrogen and oxygen atoms in total. The van der Waals surface area contributed by atoms with E-state index >= 15 is 0 Å². The highest BCUT2D eigenvalue weighted by Crippen LogP contribution is 2.28. The van der Waals surface area contributed by atoms with E-state index in [0.29, 0.717) is 17.1 Å². The third kappa shape index (κ3) is 6.00. The zero-order chi connectivity index (χ0) is 20.0. The Morgan fingerprint density at radius 2 is 1.74 bits per heavy atom. The maximum Gasteiger partial charge on any atom is 0.251 e. The summed E-state index contributed by atoms with van der Waals surface area (Å²) in [6.07, 6.45) is 0.361. The van der Waals surface area contributed by atoms with Gasteiger partial charge in [0.1, 0.15) is 6.04 Å². The topological polar surface area (TPSA) is 61.4 Å². The van der Waals surface area contributed by atoms with Gasteiger partial charge in [-0.1, -0.05) is 55.8 Å². The van der Waals surface area contributed by atoms with E-state index in [4.69, 9.17) is 11.6 Å². The minimum Gasteiger partial charge on any atom is -0.376 e. The van der Waals surface area contributed by atoms with Crippen LogP contribution < -0.4 is 15.5 Å². The molecule has 0 aromatic heterocycles. The van der Waals surface area contributed by atoms with E-state index in [0.717, 1.165) is 11.3 Å². The van der Waals surface area contributed by atoms with Crippen molar-refractivity contribution in [1.82, 2.24) is 5.32 Å². The normalized spacial score (nSPS) is 11.8. The number of rotatable bonds is 7. The first-order valence-electron chi connectivity index (χ1n) is 8.90. The van der Waals surface area contributed by atoms with E-state index in [9.17, 15) is 9.59 Å². The van der Waals surface area contributed by atoms with Gasteiger partial charge in [-0.05, 0) is 29.7 Å². The summed E-state index contributed by atoms with van der Waals surface area (Å²) in [5, 5.41) is 6.23. The monoisotopic (exact) mass is 387 g/mol. The molecule has 0 spiro atoms. The molecule has 0 bridgehead atoms. The number of carbonyl (C=O) groups excluding carboxylic acids is 2. The van der Waals surface area contributed by atoms with Gasteiger partial charge >= 0.3 is 0 Å². The van der Waals surface area contributed by atoms with Gasteiger partial charge in [0.15, 0.2) is 0 Å². The fourth-order valence-corrected chi connectivity index (χ4v) is 3.05. The second kappa shape index (κ2) is 9.42. The maximum atomic E-state index is 12.9. The maximum absolute atomic E-state index is 12.9. The van der Waals surface area contributed by atoms with Crippen LogP contribution in [0.4, 0.5) is 11.4 Å². The largest absolute Gasteiger partial charge is 0.376 e. The van der Waals surface area contributed by atoms with Crippen molar-refractivity contribution in [3.63, 3.8) is 0 Å². The number of carbonyl (C=O) groups is 2. The third-order valence-electron chi connectivity index (χ3n) is 3.99. The standard InChI is InChI=1S/C21H26ClN3O2/c1-14(2)12-19(26)24-20(15-8-6-5-7-9-15)21(27)23-16-10-11-18(25(3)4)17(22)13-16/h5-11,13-14,20H,12H2,1-4H3,(H,23,27)(H,24,26). The molecule has 0 radical (unpaired) electrons. The molecule has 2 aromatic carbocycles. The minimum absolute atomic E-state index is 0.157. The van der Waals surface area contributed by atoms with Crippen molar-refractivity contribution in [2.45, 2.75) is 26.3 Å². The fraction of sp³-hybridized carbons (Fsp3) is 0.333. The van der Waals surface area contributed by atoms with Gasteiger partial charge in [-0.15, -0.1) is 0 Å². The molecule has 1 unspecified atom stereocenters. The summed E-state index contributed by atoms with van der Waals surface area (Å²) >= 11 is 6.28. The molecule has 0 heterocycles. The van der Waals surface area contributed by atoms with Gasteiger partial charge in [-0.25, -0.2) is 0 Å². The number of amides is 2.